The van der Waals surface area contributed by atoms with Crippen LogP contribution >= 0.6 is 0 Å². The molecule has 0 spiro atoms. The Balaban J connectivity index is 2.30. The third-order valence-electron chi connectivity index (χ3n) is 4.14. The highest BCUT2D eigenvalue weighted by molar-refractivity contribution is 5.86. The van der Waals surface area contributed by atoms with Crippen molar-refractivity contribution in [3.05, 3.63) is 24.8 Å². The molecule has 2 aliphatic carbocycles. The number of hydrogen-bond donors (Lipinski definition) is 0. The van der Waals surface area contributed by atoms with E-state index in [1.165, 1.54) is 6.42 Å². The lowest BCUT2D eigenvalue weighted by Gasteiger charge is -2.45. The Morgan fingerprint density at radius 2 is 2.40 bits per heavy atom. The molecule has 0 aromatic heterocycles. The quantitative estimate of drug-likeness (QED) is 0.629. The van der Waals surface area contributed by atoms with E-state index in [-0.39, 0.29) is 5.41 Å². The third-order valence-corrected chi connectivity index (χ3v) is 4.14. The molecular formula is C14H20O. The summed E-state index contributed by atoms with van der Waals surface area (Å²) >= 11 is 0. The average molecular weight is 204 g/mol. The molecule has 0 aromatic rings. The second-order valence-electron chi connectivity index (χ2n) is 5.23. The van der Waals surface area contributed by atoms with Crippen LogP contribution in [0.1, 0.15) is 39.0 Å². The van der Waals surface area contributed by atoms with Crippen LogP contribution in [0.25, 0.3) is 0 Å². The summed E-state index contributed by atoms with van der Waals surface area (Å²) in [5.41, 5.74) is -0.0803. The molecular weight excluding hydrogens is 184 g/mol. The van der Waals surface area contributed by atoms with Gasteiger partial charge in [0.05, 0.1) is 0 Å². The zero-order valence-corrected chi connectivity index (χ0v) is 9.54. The number of hydrogen-bond acceptors (Lipinski definition) is 1. The fourth-order valence-electron chi connectivity index (χ4n) is 3.32. The zero-order valence-electron chi connectivity index (χ0n) is 9.54. The van der Waals surface area contributed by atoms with Gasteiger partial charge in [-0.15, -0.1) is 6.58 Å². The van der Waals surface area contributed by atoms with Crippen LogP contribution in [0.4, 0.5) is 0 Å². The van der Waals surface area contributed by atoms with Gasteiger partial charge < -0.3 is 0 Å². The van der Waals surface area contributed by atoms with Gasteiger partial charge in [-0.25, -0.2) is 0 Å². The first kappa shape index (κ1) is 10.7. The summed E-state index contributed by atoms with van der Waals surface area (Å²) in [5, 5.41) is 0. The molecule has 82 valence electrons. The van der Waals surface area contributed by atoms with Crippen molar-refractivity contribution in [3.8, 4) is 0 Å². The summed E-state index contributed by atoms with van der Waals surface area (Å²) in [4.78, 5) is 12.3. The summed E-state index contributed by atoms with van der Waals surface area (Å²) in [7, 11) is 0. The van der Waals surface area contributed by atoms with Crippen LogP contribution < -0.4 is 0 Å². The molecule has 1 fully saturated rings. The van der Waals surface area contributed by atoms with Crippen molar-refractivity contribution in [3.63, 3.8) is 0 Å². The molecule has 2 aliphatic rings. The molecule has 0 saturated heterocycles. The lowest BCUT2D eigenvalue weighted by atomic mass is 9.57. The molecule has 0 aromatic carbocycles. The van der Waals surface area contributed by atoms with Gasteiger partial charge in [-0.1, -0.05) is 25.2 Å². The van der Waals surface area contributed by atoms with Gasteiger partial charge in [-0.3, -0.25) is 4.79 Å². The molecule has 0 bridgehead atoms. The molecule has 0 radical (unpaired) electrons. The minimum atomic E-state index is -0.0803. The lowest BCUT2D eigenvalue weighted by molar-refractivity contribution is -0.137. The van der Waals surface area contributed by atoms with E-state index in [0.717, 1.165) is 25.7 Å². The Bertz CT molecular complexity index is 302. The van der Waals surface area contributed by atoms with E-state index in [4.69, 9.17) is 0 Å². The largest absolute Gasteiger partial charge is 0.299 e. The van der Waals surface area contributed by atoms with Crippen molar-refractivity contribution in [1.82, 2.24) is 0 Å². The molecule has 0 heterocycles. The van der Waals surface area contributed by atoms with Crippen LogP contribution in [-0.4, -0.2) is 5.78 Å². The summed E-state index contributed by atoms with van der Waals surface area (Å²) in [6.45, 7) is 6.02. The SMILES string of the molecule is C=CC[C@@]12CC=CC[C@@H]1C[C@@H](C)CC2=O. The van der Waals surface area contributed by atoms with E-state index < -0.39 is 0 Å². The van der Waals surface area contributed by atoms with Crippen molar-refractivity contribution in [1.29, 1.82) is 0 Å². The van der Waals surface area contributed by atoms with E-state index >= 15 is 0 Å². The summed E-state index contributed by atoms with van der Waals surface area (Å²) in [6, 6.07) is 0. The third kappa shape index (κ3) is 1.68. The number of Topliss-reactive ketones (excluding diaryl/α,β-unsaturated/α-hetero) is 1. The number of fused-ring (bicyclic) bond motifs is 1. The Labute approximate surface area is 92.3 Å². The fourth-order valence-corrected chi connectivity index (χ4v) is 3.32. The van der Waals surface area contributed by atoms with E-state index in [1.807, 2.05) is 6.08 Å². The molecule has 0 unspecified atom stereocenters. The van der Waals surface area contributed by atoms with Gasteiger partial charge >= 0.3 is 0 Å². The highest BCUT2D eigenvalue weighted by atomic mass is 16.1. The molecule has 1 nitrogen and oxygen atoms in total. The van der Waals surface area contributed by atoms with E-state index in [2.05, 4.69) is 25.7 Å². The number of carbonyl (C=O) groups is 1. The Morgan fingerprint density at radius 1 is 1.60 bits per heavy atom. The van der Waals surface area contributed by atoms with Gasteiger partial charge in [0.25, 0.3) is 0 Å². The van der Waals surface area contributed by atoms with Crippen LogP contribution in [0.3, 0.4) is 0 Å². The molecule has 1 heteroatoms. The van der Waals surface area contributed by atoms with Crippen molar-refractivity contribution in [2.45, 2.75) is 39.0 Å². The van der Waals surface area contributed by atoms with E-state index in [1.54, 1.807) is 0 Å². The first-order valence-electron chi connectivity index (χ1n) is 5.98. The second-order valence-corrected chi connectivity index (χ2v) is 5.23. The standard InChI is InChI=1S/C14H20O/c1-3-7-14-8-5-4-6-12(14)9-11(2)10-13(14)15/h3-5,11-12H,1,6-10H2,2H3/t11-,12-,14-/m1/s1. The molecule has 1 saturated carbocycles. The fraction of sp³-hybridized carbons (Fsp3) is 0.643. The number of ketones is 1. The number of rotatable bonds is 2. The van der Waals surface area contributed by atoms with Crippen molar-refractivity contribution in [2.24, 2.45) is 17.3 Å². The average Bonchev–Trinajstić information content (AvgIpc) is 2.20. The van der Waals surface area contributed by atoms with E-state index in [9.17, 15) is 4.79 Å². The van der Waals surface area contributed by atoms with Gasteiger partial charge in [-0.2, -0.15) is 0 Å². The van der Waals surface area contributed by atoms with Gasteiger partial charge in [0, 0.05) is 11.8 Å². The molecule has 0 N–H and O–H groups in total. The van der Waals surface area contributed by atoms with Gasteiger partial charge in [0.1, 0.15) is 5.78 Å². The number of allylic oxidation sites excluding steroid dienone is 3. The monoisotopic (exact) mass is 204 g/mol. The summed E-state index contributed by atoms with van der Waals surface area (Å²) in [6.07, 6.45) is 11.3. The minimum Gasteiger partial charge on any atom is -0.299 e. The van der Waals surface area contributed by atoms with Crippen molar-refractivity contribution in [2.75, 3.05) is 0 Å². The van der Waals surface area contributed by atoms with E-state index in [0.29, 0.717) is 17.6 Å². The minimum absolute atomic E-state index is 0.0803. The highest BCUT2D eigenvalue weighted by Gasteiger charge is 2.47. The molecule has 3 atom stereocenters. The van der Waals surface area contributed by atoms with Crippen LogP contribution in [0.5, 0.6) is 0 Å². The molecule has 15 heavy (non-hydrogen) atoms. The predicted molar refractivity (Wildman–Crippen MR) is 62.5 cm³/mol. The maximum Gasteiger partial charge on any atom is 0.140 e. The maximum atomic E-state index is 12.3. The van der Waals surface area contributed by atoms with Gasteiger partial charge in [0.15, 0.2) is 0 Å². The topological polar surface area (TPSA) is 17.1 Å². The molecule has 2 rings (SSSR count). The summed E-state index contributed by atoms with van der Waals surface area (Å²) < 4.78 is 0. The predicted octanol–water partition coefficient (Wildman–Crippen LogP) is 3.51. The second kappa shape index (κ2) is 3.96. The first-order valence-corrected chi connectivity index (χ1v) is 5.98. The summed E-state index contributed by atoms with van der Waals surface area (Å²) in [5.74, 6) is 1.62. The van der Waals surface area contributed by atoms with Crippen molar-refractivity contribution >= 4 is 5.78 Å². The van der Waals surface area contributed by atoms with Gasteiger partial charge in [0.2, 0.25) is 0 Å². The van der Waals surface area contributed by atoms with Crippen LogP contribution in [0.2, 0.25) is 0 Å². The number of carbonyl (C=O) groups excluding carboxylic acids is 1. The van der Waals surface area contributed by atoms with Gasteiger partial charge in [-0.05, 0) is 37.5 Å². The highest BCUT2D eigenvalue weighted by Crippen LogP contribution is 2.50. The van der Waals surface area contributed by atoms with Crippen LogP contribution in [0, 0.1) is 17.3 Å². The lowest BCUT2D eigenvalue weighted by Crippen LogP contribution is -2.44. The first-order chi connectivity index (χ1) is 7.19. The Kier molecular flexibility index (Phi) is 2.81. The Hall–Kier alpha value is -0.850. The smallest absolute Gasteiger partial charge is 0.140 e. The van der Waals surface area contributed by atoms with Crippen LogP contribution in [-0.2, 0) is 4.79 Å². The Morgan fingerprint density at radius 3 is 3.13 bits per heavy atom. The molecule has 0 aliphatic heterocycles. The maximum absolute atomic E-state index is 12.3. The normalized spacial score (nSPS) is 39.9. The van der Waals surface area contributed by atoms with Crippen molar-refractivity contribution < 1.29 is 4.79 Å². The molecule has 0 amide bonds. The van der Waals surface area contributed by atoms with Crippen LogP contribution in [0.15, 0.2) is 24.8 Å². The zero-order chi connectivity index (χ0) is 10.9.